The number of likely N-dealkylation sites (N-methyl/N-ethyl adjacent to an activating group) is 1. The lowest BCUT2D eigenvalue weighted by Crippen LogP contribution is -2.32. The second kappa shape index (κ2) is 9.37. The monoisotopic (exact) mass is 538 g/mol. The van der Waals surface area contributed by atoms with Gasteiger partial charge in [0.25, 0.3) is 0 Å². The van der Waals surface area contributed by atoms with Crippen molar-refractivity contribution in [3.05, 3.63) is 70.2 Å². The van der Waals surface area contributed by atoms with Gasteiger partial charge in [-0.1, -0.05) is 64.5 Å². The molecule has 2 aromatic rings. The minimum atomic E-state index is -2.49. The van der Waals surface area contributed by atoms with Crippen molar-refractivity contribution >= 4 is 39.9 Å². The van der Waals surface area contributed by atoms with Gasteiger partial charge in [-0.25, -0.2) is 4.67 Å². The molecule has 0 amide bonds. The van der Waals surface area contributed by atoms with Gasteiger partial charge in [0.1, 0.15) is 11.9 Å². The molecule has 1 heterocycles. The average Bonchev–Trinajstić information content (AvgIpc) is 2.91. The van der Waals surface area contributed by atoms with Crippen molar-refractivity contribution in [1.29, 1.82) is 0 Å². The molecule has 1 fully saturated rings. The second-order valence-corrected chi connectivity index (χ2v) is 23.2. The Balaban J connectivity index is 2.26. The Morgan fingerprint density at radius 2 is 1.58 bits per heavy atom. The Labute approximate surface area is 198 Å². The minimum Gasteiger partial charge on any atom is -0.402 e. The first kappa shape index (κ1) is 25.1. The molecule has 4 atom stereocenters. The highest BCUT2D eigenvalue weighted by atomic mass is 79.9. The number of benzene rings is 2. The summed E-state index contributed by atoms with van der Waals surface area (Å²) in [7, 11) is -4.08. The normalized spacial score (nSPS) is 26.1. The average molecular weight is 540 g/mol. The summed E-state index contributed by atoms with van der Waals surface area (Å²) in [5, 5.41) is 0. The molecule has 0 aliphatic carbocycles. The highest BCUT2D eigenvalue weighted by Crippen LogP contribution is 2.74. The van der Waals surface area contributed by atoms with Gasteiger partial charge in [-0.3, -0.25) is 0 Å². The van der Waals surface area contributed by atoms with Crippen molar-refractivity contribution in [2.45, 2.75) is 64.2 Å². The molecule has 0 aromatic heterocycles. The Kier molecular flexibility index (Phi) is 7.59. The van der Waals surface area contributed by atoms with Gasteiger partial charge in [0.05, 0.1) is 0 Å². The Morgan fingerprint density at radius 3 is 2.13 bits per heavy atom. The van der Waals surface area contributed by atoms with Crippen molar-refractivity contribution in [1.82, 2.24) is 4.67 Å². The maximum absolute atomic E-state index is 7.13. The van der Waals surface area contributed by atoms with Crippen LogP contribution in [0.5, 0.6) is 0 Å². The van der Waals surface area contributed by atoms with Crippen LogP contribution in [0.2, 0.25) is 39.3 Å². The summed E-state index contributed by atoms with van der Waals surface area (Å²) in [4.78, 5) is 0. The fourth-order valence-corrected chi connectivity index (χ4v) is 13.9. The maximum Gasteiger partial charge on any atom is 0.185 e. The van der Waals surface area contributed by atoms with E-state index < -0.39 is 24.0 Å². The van der Waals surface area contributed by atoms with Gasteiger partial charge in [0, 0.05) is 16.1 Å². The molecule has 0 radical (unpaired) electrons. The van der Waals surface area contributed by atoms with Crippen molar-refractivity contribution in [2.75, 3.05) is 7.05 Å². The van der Waals surface area contributed by atoms with Crippen LogP contribution in [0.1, 0.15) is 30.0 Å². The van der Waals surface area contributed by atoms with E-state index in [2.05, 4.69) is 128 Å². The van der Waals surface area contributed by atoms with E-state index in [1.165, 1.54) is 5.56 Å². The summed E-state index contributed by atoms with van der Waals surface area (Å²) in [5.74, 6) is -0.220. The summed E-state index contributed by atoms with van der Waals surface area (Å²) in [6.07, 6.45) is -0.0325. The summed E-state index contributed by atoms with van der Waals surface area (Å²) >= 11 is 3.80. The fourth-order valence-electron chi connectivity index (χ4n) is 3.89. The third-order valence-corrected chi connectivity index (χ3v) is 13.5. The topological polar surface area (TPSA) is 34.1 Å². The highest BCUT2D eigenvalue weighted by Gasteiger charge is 2.52. The van der Waals surface area contributed by atoms with Crippen molar-refractivity contribution in [2.24, 2.45) is 4.41 Å². The highest BCUT2D eigenvalue weighted by molar-refractivity contribution is 9.10. The first-order valence-corrected chi connectivity index (χ1v) is 20.2. The zero-order valence-electron chi connectivity index (χ0n) is 20.0. The van der Waals surface area contributed by atoms with Gasteiger partial charge in [0.2, 0.25) is 0 Å². The van der Waals surface area contributed by atoms with Gasteiger partial charge < -0.3 is 13.4 Å². The molecule has 1 aliphatic rings. The summed E-state index contributed by atoms with van der Waals surface area (Å²) < 4.78 is 23.1. The molecule has 31 heavy (non-hydrogen) atoms. The van der Waals surface area contributed by atoms with Gasteiger partial charge in [-0.2, -0.15) is 0 Å². The van der Waals surface area contributed by atoms with E-state index >= 15 is 0 Å². The molecule has 0 N–H and O–H groups in total. The second-order valence-electron chi connectivity index (χ2n) is 10.2. The Bertz CT molecular complexity index is 960. The molecule has 170 valence electrons. The van der Waals surface area contributed by atoms with E-state index in [1.807, 2.05) is 0 Å². The number of halogens is 1. The fraction of sp³-hybridized carbons (Fsp3) is 0.478. The molecule has 0 saturated carbocycles. The molecule has 2 aromatic carbocycles. The van der Waals surface area contributed by atoms with Crippen LogP contribution in [-0.2, 0) is 8.95 Å². The van der Waals surface area contributed by atoms with Crippen molar-refractivity contribution < 1.29 is 8.95 Å². The molecule has 0 unspecified atom stereocenters. The van der Waals surface area contributed by atoms with Gasteiger partial charge in [-0.05, 0) is 64.9 Å². The lowest BCUT2D eigenvalue weighted by atomic mass is 10.0. The predicted molar refractivity (Wildman–Crippen MR) is 142 cm³/mol. The first-order valence-electron chi connectivity index (χ1n) is 10.9. The molecule has 4 nitrogen and oxygen atoms in total. The van der Waals surface area contributed by atoms with E-state index in [4.69, 9.17) is 13.4 Å². The van der Waals surface area contributed by atoms with E-state index in [0.717, 1.165) is 10.0 Å². The maximum atomic E-state index is 7.13. The van der Waals surface area contributed by atoms with E-state index in [-0.39, 0.29) is 18.0 Å². The number of hydrogen-bond donors (Lipinski definition) is 0. The molecular weight excluding hydrogens is 503 g/mol. The van der Waals surface area contributed by atoms with E-state index in [9.17, 15) is 0 Å². The van der Waals surface area contributed by atoms with Crippen LogP contribution in [0.15, 0.2) is 63.5 Å². The number of rotatable bonds is 6. The third-order valence-electron chi connectivity index (χ3n) is 5.26. The molecule has 3 rings (SSSR count). The number of nitrogens with zero attached hydrogens (tertiary/aromatic N) is 2. The zero-order chi connectivity index (χ0) is 23.0. The molecule has 0 bridgehead atoms. The number of hydrogen-bond acceptors (Lipinski definition) is 3. The van der Waals surface area contributed by atoms with Crippen molar-refractivity contribution in [3.63, 3.8) is 0 Å². The van der Waals surface area contributed by atoms with Crippen LogP contribution in [0.3, 0.4) is 0 Å². The van der Waals surface area contributed by atoms with Crippen LogP contribution >= 0.6 is 23.4 Å². The minimum absolute atomic E-state index is 0.0325. The summed E-state index contributed by atoms with van der Waals surface area (Å²) in [6, 6.07) is 19.1. The van der Waals surface area contributed by atoms with Gasteiger partial charge >= 0.3 is 0 Å². The molecule has 8 heteroatoms. The van der Waals surface area contributed by atoms with Crippen LogP contribution in [0.4, 0.5) is 0 Å². The summed E-state index contributed by atoms with van der Waals surface area (Å²) in [5.41, 5.74) is 2.33. The lowest BCUT2D eigenvalue weighted by molar-refractivity contribution is 0.201. The largest absolute Gasteiger partial charge is 0.402 e. The van der Waals surface area contributed by atoms with Crippen LogP contribution in [0, 0.1) is 0 Å². The Morgan fingerprint density at radius 1 is 1.00 bits per heavy atom. The molecule has 0 spiro atoms. The molecular formula is C23H36BrN2O2PSi2. The van der Waals surface area contributed by atoms with Crippen LogP contribution < -0.4 is 0 Å². The SMILES string of the molecule is C[C@H]1[C@@H](c2ccccc2)O[P@@](=N[Si](C)(C)C)([C@@H](O[Si](C)(C)C)c2ccccc2Br)N1C. The standard InChI is InChI=1S/C23H36BrN2O2PSi2/c1-18-22(19-14-10-9-11-15-19)27-29(26(18)2,25-30(3,4)5)23(28-31(6,7)8)20-16-12-13-17-21(20)24/h9-18,22-23H,1-8H3/t18-,22-,23+,29+/m0/s1. The molecule has 1 aliphatic heterocycles. The quantitative estimate of drug-likeness (QED) is 0.274. The first-order chi connectivity index (χ1) is 14.3. The zero-order valence-corrected chi connectivity index (χ0v) is 24.4. The smallest absolute Gasteiger partial charge is 0.185 e. The molecule has 1 saturated heterocycles. The van der Waals surface area contributed by atoms with E-state index in [0.29, 0.717) is 0 Å². The van der Waals surface area contributed by atoms with Crippen LogP contribution in [0.25, 0.3) is 0 Å². The van der Waals surface area contributed by atoms with Gasteiger partial charge in [0.15, 0.2) is 24.0 Å². The Hall–Kier alpha value is -0.536. The third kappa shape index (κ3) is 5.70. The van der Waals surface area contributed by atoms with E-state index in [1.54, 1.807) is 0 Å². The van der Waals surface area contributed by atoms with Crippen molar-refractivity contribution in [3.8, 4) is 0 Å². The summed E-state index contributed by atoms with van der Waals surface area (Å²) in [6.45, 7) is 15.9. The van der Waals surface area contributed by atoms with Crippen LogP contribution in [-0.4, -0.2) is 34.3 Å². The lowest BCUT2D eigenvalue weighted by Gasteiger charge is -2.39. The predicted octanol–water partition coefficient (Wildman–Crippen LogP) is 8.26. The van der Waals surface area contributed by atoms with Gasteiger partial charge in [-0.15, -0.1) is 0 Å².